The molecule has 1 atom stereocenters. The van der Waals surface area contributed by atoms with Crippen molar-refractivity contribution in [2.75, 3.05) is 0 Å². The Morgan fingerprint density at radius 1 is 2.00 bits per heavy atom. The summed E-state index contributed by atoms with van der Waals surface area (Å²) in [5, 5.41) is 0. The maximum atomic E-state index is 9.45. The molecule has 1 unspecified atom stereocenters. The average Bonchev–Trinajstić information content (AvgIpc) is 1.36. The predicted octanol–water partition coefficient (Wildman–Crippen LogP) is 0.546. The SMILES string of the molecule is O=S([O-])N(Cl)Br. The van der Waals surface area contributed by atoms with E-state index in [2.05, 4.69) is 16.1 Å². The van der Waals surface area contributed by atoms with Gasteiger partial charge in [-0.15, -0.1) is 0 Å². The van der Waals surface area contributed by atoms with Crippen LogP contribution in [0.3, 0.4) is 0 Å². The molecule has 0 bridgehead atoms. The van der Waals surface area contributed by atoms with Crippen molar-refractivity contribution in [2.45, 2.75) is 0 Å². The number of hydrogen-bond acceptors (Lipinski definition) is 2. The minimum Gasteiger partial charge on any atom is -0.758 e. The van der Waals surface area contributed by atoms with Crippen LogP contribution in [0.5, 0.6) is 0 Å². The van der Waals surface area contributed by atoms with Gasteiger partial charge in [0, 0.05) is 39.2 Å². The Labute approximate surface area is 51.1 Å². The van der Waals surface area contributed by atoms with Gasteiger partial charge in [-0.25, -0.2) is 0 Å². The topological polar surface area (TPSA) is 43.4 Å². The zero-order chi connectivity index (χ0) is 5.15. The first kappa shape index (κ1) is 6.84. The van der Waals surface area contributed by atoms with Crippen LogP contribution in [-0.2, 0) is 11.3 Å². The highest BCUT2D eigenvalue weighted by molar-refractivity contribution is 9.09. The van der Waals surface area contributed by atoms with Crippen LogP contribution in [0.15, 0.2) is 0 Å². The van der Waals surface area contributed by atoms with Gasteiger partial charge in [-0.1, -0.05) is 2.85 Å². The summed E-state index contributed by atoms with van der Waals surface area (Å²) in [6.45, 7) is 0. The zero-order valence-electron chi connectivity index (χ0n) is 2.43. The van der Waals surface area contributed by atoms with E-state index in [0.717, 1.165) is 0 Å². The van der Waals surface area contributed by atoms with Crippen LogP contribution < -0.4 is 0 Å². The largest absolute Gasteiger partial charge is 0.758 e. The summed E-state index contributed by atoms with van der Waals surface area (Å²) >= 11 is 4.82. The van der Waals surface area contributed by atoms with Gasteiger partial charge in [-0.3, -0.25) is 4.21 Å². The number of nitrogens with zero attached hydrogens (tertiary/aromatic N) is 1. The van der Waals surface area contributed by atoms with Gasteiger partial charge in [0.25, 0.3) is 0 Å². The predicted molar refractivity (Wildman–Crippen MR) is 25.5 cm³/mol. The molecule has 0 N–H and O–H groups in total. The van der Waals surface area contributed by atoms with Crippen molar-refractivity contribution in [3.8, 4) is 0 Å². The van der Waals surface area contributed by atoms with Gasteiger partial charge < -0.3 is 4.55 Å². The number of halogens is 2. The van der Waals surface area contributed by atoms with Crippen molar-refractivity contribution < 1.29 is 8.76 Å². The van der Waals surface area contributed by atoms with Gasteiger partial charge in [-0.2, -0.15) is 0 Å². The molecular formula is BrClNO2S-. The Bertz CT molecular complexity index is 64.6. The van der Waals surface area contributed by atoms with Crippen LogP contribution in [0.2, 0.25) is 0 Å². The Balaban J connectivity index is 3.26. The van der Waals surface area contributed by atoms with Gasteiger partial charge in [0.05, 0.1) is 0 Å². The highest BCUT2D eigenvalue weighted by atomic mass is 79.9. The highest BCUT2D eigenvalue weighted by Gasteiger charge is 1.86. The van der Waals surface area contributed by atoms with Crippen LogP contribution in [0, 0.1) is 0 Å². The lowest BCUT2D eigenvalue weighted by atomic mass is 13.9. The summed E-state index contributed by atoms with van der Waals surface area (Å²) in [5.41, 5.74) is 0. The molecular weight excluding hydrogens is 193 g/mol. The first-order chi connectivity index (χ1) is 2.64. The Morgan fingerprint density at radius 3 is 2.17 bits per heavy atom. The molecule has 0 heterocycles. The van der Waals surface area contributed by atoms with Crippen molar-refractivity contribution in [1.82, 2.24) is 2.85 Å². The molecule has 0 saturated carbocycles. The molecule has 0 rings (SSSR count). The minimum absolute atomic E-state index is 0.368. The summed E-state index contributed by atoms with van der Waals surface area (Å²) < 4.78 is 19.3. The molecule has 0 fully saturated rings. The van der Waals surface area contributed by atoms with E-state index in [1.165, 1.54) is 0 Å². The fraction of sp³-hybridized carbons (Fsp3) is 0. The van der Waals surface area contributed by atoms with Crippen molar-refractivity contribution in [3.05, 3.63) is 0 Å². The van der Waals surface area contributed by atoms with E-state index in [-0.39, 0.29) is 0 Å². The van der Waals surface area contributed by atoms with Gasteiger partial charge in [0.1, 0.15) is 0 Å². The second-order valence-electron chi connectivity index (χ2n) is 0.419. The second kappa shape index (κ2) is 2.92. The maximum absolute atomic E-state index is 9.45. The van der Waals surface area contributed by atoms with Crippen molar-refractivity contribution in [3.63, 3.8) is 0 Å². The molecule has 0 saturated heterocycles. The first-order valence-electron chi connectivity index (χ1n) is 0.854. The molecule has 0 radical (unpaired) electrons. The Morgan fingerprint density at radius 2 is 2.17 bits per heavy atom. The molecule has 6 heteroatoms. The summed E-state index contributed by atoms with van der Waals surface area (Å²) in [7, 11) is 0. The van der Waals surface area contributed by atoms with Crippen LogP contribution >= 0.6 is 27.9 Å². The normalized spacial score (nSPS) is 15.3. The maximum Gasteiger partial charge on any atom is 0.0469 e. The van der Waals surface area contributed by atoms with E-state index in [1.807, 2.05) is 0 Å². The molecule has 3 nitrogen and oxygen atoms in total. The Hall–Kier alpha value is 0.840. The number of hydrogen-bond donors (Lipinski definition) is 0. The molecule has 0 spiro atoms. The summed E-state index contributed by atoms with van der Waals surface area (Å²) in [6, 6.07) is 0. The van der Waals surface area contributed by atoms with E-state index in [4.69, 9.17) is 11.8 Å². The van der Waals surface area contributed by atoms with E-state index in [0.29, 0.717) is 2.85 Å². The van der Waals surface area contributed by atoms with Gasteiger partial charge in [-0.05, 0) is 0 Å². The third kappa shape index (κ3) is 3.05. The molecule has 38 valence electrons. The van der Waals surface area contributed by atoms with Crippen molar-refractivity contribution in [1.29, 1.82) is 0 Å². The fourth-order valence-corrected chi connectivity index (χ4v) is 0. The van der Waals surface area contributed by atoms with E-state index >= 15 is 0 Å². The lowest BCUT2D eigenvalue weighted by Crippen LogP contribution is -1.98. The third-order valence-electron chi connectivity index (χ3n) is 0.113. The molecule has 0 aliphatic heterocycles. The molecule has 0 aromatic heterocycles. The summed E-state index contributed by atoms with van der Waals surface area (Å²) in [4.78, 5) is 0. The highest BCUT2D eigenvalue weighted by Crippen LogP contribution is 2.02. The van der Waals surface area contributed by atoms with E-state index < -0.39 is 11.3 Å². The lowest BCUT2D eigenvalue weighted by molar-refractivity contribution is 0.522. The summed E-state index contributed by atoms with van der Waals surface area (Å²) in [5.74, 6) is 0. The smallest absolute Gasteiger partial charge is 0.0469 e. The second-order valence-corrected chi connectivity index (χ2v) is 3.34. The molecule has 0 aliphatic rings. The van der Waals surface area contributed by atoms with Crippen LogP contribution in [0.1, 0.15) is 0 Å². The first-order valence-corrected chi connectivity index (χ1v) is 2.93. The minimum atomic E-state index is -2.35. The molecule has 0 aromatic rings. The van der Waals surface area contributed by atoms with Gasteiger partial charge >= 0.3 is 0 Å². The third-order valence-corrected chi connectivity index (χ3v) is 1.39. The van der Waals surface area contributed by atoms with Crippen LogP contribution in [0.4, 0.5) is 0 Å². The quantitative estimate of drug-likeness (QED) is 0.451. The molecule has 0 amide bonds. The van der Waals surface area contributed by atoms with Crippen LogP contribution in [-0.4, -0.2) is 11.6 Å². The average molecular weight is 193 g/mol. The van der Waals surface area contributed by atoms with E-state index in [1.54, 1.807) is 0 Å². The van der Waals surface area contributed by atoms with Crippen molar-refractivity contribution in [2.24, 2.45) is 0 Å². The Kier molecular flexibility index (Phi) is 3.33. The number of rotatable bonds is 1. The molecule has 0 aromatic carbocycles. The molecule has 0 aliphatic carbocycles. The van der Waals surface area contributed by atoms with E-state index in [9.17, 15) is 8.76 Å². The standard InChI is InChI=1S/BrClHNO2S/c1-3(2)6(4)5/h(H,4,5)/p-1. The van der Waals surface area contributed by atoms with Crippen LogP contribution in [0.25, 0.3) is 0 Å². The fourth-order valence-electron chi connectivity index (χ4n) is 0. The van der Waals surface area contributed by atoms with Crippen molar-refractivity contribution >= 4 is 39.2 Å². The summed E-state index contributed by atoms with van der Waals surface area (Å²) in [6.07, 6.45) is 0. The lowest BCUT2D eigenvalue weighted by Gasteiger charge is -2.03. The van der Waals surface area contributed by atoms with Gasteiger partial charge in [0.15, 0.2) is 0 Å². The van der Waals surface area contributed by atoms with Gasteiger partial charge in [0.2, 0.25) is 0 Å². The zero-order valence-corrected chi connectivity index (χ0v) is 5.59. The molecule has 6 heavy (non-hydrogen) atoms. The monoisotopic (exact) mass is 192 g/mol.